The van der Waals surface area contributed by atoms with Crippen molar-refractivity contribution in [2.45, 2.75) is 6.54 Å². The number of azo groups is 1. The molecule has 0 N–H and O–H groups in total. The average molecular weight is 172 g/mol. The van der Waals surface area contributed by atoms with Crippen LogP contribution < -0.4 is 0 Å². The van der Waals surface area contributed by atoms with E-state index in [-0.39, 0.29) is 0 Å². The summed E-state index contributed by atoms with van der Waals surface area (Å²) in [7, 11) is 0. The van der Waals surface area contributed by atoms with Gasteiger partial charge in [0.1, 0.15) is 6.67 Å². The van der Waals surface area contributed by atoms with Crippen molar-refractivity contribution in [3.8, 4) is 0 Å². The summed E-state index contributed by atoms with van der Waals surface area (Å²) >= 11 is 0. The summed E-state index contributed by atoms with van der Waals surface area (Å²) in [5, 5.41) is 7.89. The third-order valence-corrected chi connectivity index (χ3v) is 2.25. The standard InChI is InChI=1S/C9H8N4/c1-2-4-8-7(3-1)5-13-6-10-12-9(13)11-8/h1-4H,5-6H2. The molecule has 0 amide bonds. The Balaban J connectivity index is 2.14. The highest BCUT2D eigenvalue weighted by Crippen LogP contribution is 2.27. The third-order valence-electron chi connectivity index (χ3n) is 2.25. The van der Waals surface area contributed by atoms with Crippen LogP contribution in [0, 0.1) is 0 Å². The van der Waals surface area contributed by atoms with Crippen LogP contribution in [0.15, 0.2) is 39.5 Å². The summed E-state index contributed by atoms with van der Waals surface area (Å²) in [6.45, 7) is 1.52. The molecule has 4 nitrogen and oxygen atoms in total. The summed E-state index contributed by atoms with van der Waals surface area (Å²) in [4.78, 5) is 6.45. The summed E-state index contributed by atoms with van der Waals surface area (Å²) in [6, 6.07) is 8.12. The van der Waals surface area contributed by atoms with Crippen molar-refractivity contribution >= 4 is 11.6 Å². The van der Waals surface area contributed by atoms with E-state index in [1.165, 1.54) is 5.56 Å². The molecule has 0 spiro atoms. The van der Waals surface area contributed by atoms with Gasteiger partial charge in [0.15, 0.2) is 0 Å². The Labute approximate surface area is 75.6 Å². The fourth-order valence-electron chi connectivity index (χ4n) is 1.58. The molecule has 0 aromatic heterocycles. The smallest absolute Gasteiger partial charge is 0.247 e. The van der Waals surface area contributed by atoms with Crippen LogP contribution in [0.1, 0.15) is 5.56 Å². The molecule has 2 aliphatic heterocycles. The summed E-state index contributed by atoms with van der Waals surface area (Å²) in [5.41, 5.74) is 2.27. The predicted molar refractivity (Wildman–Crippen MR) is 48.8 cm³/mol. The monoisotopic (exact) mass is 172 g/mol. The van der Waals surface area contributed by atoms with E-state index in [4.69, 9.17) is 0 Å². The molecule has 13 heavy (non-hydrogen) atoms. The summed E-state index contributed by atoms with van der Waals surface area (Å²) < 4.78 is 0. The van der Waals surface area contributed by atoms with Crippen LogP contribution in [0.25, 0.3) is 0 Å². The molecule has 0 saturated carbocycles. The van der Waals surface area contributed by atoms with Gasteiger partial charge in [-0.2, -0.15) is 5.11 Å². The second-order valence-corrected chi connectivity index (χ2v) is 3.12. The summed E-state index contributed by atoms with van der Waals surface area (Å²) in [6.07, 6.45) is 0. The number of para-hydroxylation sites is 1. The number of nitrogens with zero attached hydrogens (tertiary/aromatic N) is 4. The minimum Gasteiger partial charge on any atom is -0.314 e. The van der Waals surface area contributed by atoms with Crippen LogP contribution in [0.4, 0.5) is 5.69 Å². The van der Waals surface area contributed by atoms with Gasteiger partial charge in [-0.15, -0.1) is 5.11 Å². The first-order valence-corrected chi connectivity index (χ1v) is 4.22. The van der Waals surface area contributed by atoms with E-state index in [2.05, 4.69) is 26.2 Å². The number of hydrogen-bond donors (Lipinski definition) is 0. The van der Waals surface area contributed by atoms with Crippen LogP contribution in [0.5, 0.6) is 0 Å². The Bertz CT molecular complexity index is 408. The molecule has 0 aliphatic carbocycles. The highest BCUT2D eigenvalue weighted by molar-refractivity contribution is 5.86. The lowest BCUT2D eigenvalue weighted by atomic mass is 10.1. The van der Waals surface area contributed by atoms with Gasteiger partial charge in [0.05, 0.1) is 5.69 Å². The maximum atomic E-state index is 4.39. The molecular weight excluding hydrogens is 164 g/mol. The van der Waals surface area contributed by atoms with E-state index in [0.717, 1.165) is 18.2 Å². The molecule has 2 aliphatic rings. The number of aliphatic imine (C=N–C) groups is 1. The molecule has 1 aromatic carbocycles. The van der Waals surface area contributed by atoms with Crippen LogP contribution >= 0.6 is 0 Å². The zero-order valence-corrected chi connectivity index (χ0v) is 7.01. The zero-order valence-electron chi connectivity index (χ0n) is 7.01. The van der Waals surface area contributed by atoms with E-state index in [1.54, 1.807) is 0 Å². The van der Waals surface area contributed by atoms with Gasteiger partial charge in [-0.3, -0.25) is 0 Å². The number of hydrogen-bond acceptors (Lipinski definition) is 4. The quantitative estimate of drug-likeness (QED) is 0.589. The largest absolute Gasteiger partial charge is 0.314 e. The van der Waals surface area contributed by atoms with E-state index in [9.17, 15) is 0 Å². The lowest BCUT2D eigenvalue weighted by molar-refractivity contribution is 0.440. The van der Waals surface area contributed by atoms with Gasteiger partial charge < -0.3 is 4.90 Å². The van der Waals surface area contributed by atoms with Crippen LogP contribution in [-0.2, 0) is 6.54 Å². The van der Waals surface area contributed by atoms with Crippen LogP contribution in [-0.4, -0.2) is 17.5 Å². The summed E-state index contributed by atoms with van der Waals surface area (Å²) in [5.74, 6) is 0.749. The van der Waals surface area contributed by atoms with Gasteiger partial charge >= 0.3 is 0 Å². The number of rotatable bonds is 0. The lowest BCUT2D eigenvalue weighted by Crippen LogP contribution is -2.27. The number of fused-ring (bicyclic) bond motifs is 2. The first-order chi connectivity index (χ1) is 6.43. The maximum Gasteiger partial charge on any atom is 0.247 e. The van der Waals surface area contributed by atoms with Crippen molar-refractivity contribution in [1.82, 2.24) is 4.90 Å². The van der Waals surface area contributed by atoms with E-state index in [0.29, 0.717) is 6.67 Å². The fraction of sp³-hybridized carbons (Fsp3) is 0.222. The topological polar surface area (TPSA) is 40.3 Å². The van der Waals surface area contributed by atoms with Gasteiger partial charge in [0, 0.05) is 6.54 Å². The molecule has 0 atom stereocenters. The second kappa shape index (κ2) is 2.39. The van der Waals surface area contributed by atoms with Crippen LogP contribution in [0.3, 0.4) is 0 Å². The average Bonchev–Trinajstić information content (AvgIpc) is 2.61. The van der Waals surface area contributed by atoms with Crippen molar-refractivity contribution in [2.24, 2.45) is 15.2 Å². The molecule has 0 radical (unpaired) electrons. The van der Waals surface area contributed by atoms with Gasteiger partial charge in [0.25, 0.3) is 0 Å². The molecule has 0 saturated heterocycles. The molecular formula is C9H8N4. The van der Waals surface area contributed by atoms with Crippen molar-refractivity contribution in [3.05, 3.63) is 29.8 Å². The Kier molecular flexibility index (Phi) is 1.24. The molecule has 1 aromatic rings. The van der Waals surface area contributed by atoms with E-state index >= 15 is 0 Å². The highest BCUT2D eigenvalue weighted by Gasteiger charge is 2.21. The molecule has 3 rings (SSSR count). The van der Waals surface area contributed by atoms with Gasteiger partial charge in [-0.05, 0) is 11.6 Å². The Morgan fingerprint density at radius 1 is 1.23 bits per heavy atom. The van der Waals surface area contributed by atoms with Crippen molar-refractivity contribution in [3.63, 3.8) is 0 Å². The lowest BCUT2D eigenvalue weighted by Gasteiger charge is -2.21. The Morgan fingerprint density at radius 2 is 2.15 bits per heavy atom. The maximum absolute atomic E-state index is 4.39. The van der Waals surface area contributed by atoms with Gasteiger partial charge in [-0.25, -0.2) is 4.99 Å². The molecule has 64 valence electrons. The zero-order chi connectivity index (χ0) is 8.67. The fourth-order valence-corrected chi connectivity index (χ4v) is 1.58. The normalized spacial score (nSPS) is 18.2. The van der Waals surface area contributed by atoms with Crippen molar-refractivity contribution < 1.29 is 0 Å². The minimum atomic E-state index is 0.646. The predicted octanol–water partition coefficient (Wildman–Crippen LogP) is 1.91. The Morgan fingerprint density at radius 3 is 3.15 bits per heavy atom. The highest BCUT2D eigenvalue weighted by atomic mass is 15.5. The van der Waals surface area contributed by atoms with Crippen molar-refractivity contribution in [2.75, 3.05) is 6.67 Å². The first kappa shape index (κ1) is 6.77. The molecule has 0 unspecified atom stereocenters. The van der Waals surface area contributed by atoms with Gasteiger partial charge in [-0.1, -0.05) is 18.2 Å². The van der Waals surface area contributed by atoms with Crippen molar-refractivity contribution in [1.29, 1.82) is 0 Å². The van der Waals surface area contributed by atoms with Gasteiger partial charge in [0.2, 0.25) is 5.96 Å². The molecule has 0 bridgehead atoms. The van der Waals surface area contributed by atoms with Crippen LogP contribution in [0.2, 0.25) is 0 Å². The SMILES string of the molecule is c1ccc2c(c1)CN1CN=NC1=N2. The number of benzene rings is 1. The molecule has 2 heterocycles. The molecule has 0 fully saturated rings. The third kappa shape index (κ3) is 0.950. The molecule has 4 heteroatoms. The number of guanidine groups is 1. The second-order valence-electron chi connectivity index (χ2n) is 3.12. The minimum absolute atomic E-state index is 0.646. The Hall–Kier alpha value is -1.71. The first-order valence-electron chi connectivity index (χ1n) is 4.22. The van der Waals surface area contributed by atoms with E-state index in [1.807, 2.05) is 18.2 Å². The van der Waals surface area contributed by atoms with E-state index < -0.39 is 0 Å².